The van der Waals surface area contributed by atoms with Gasteiger partial charge in [0.2, 0.25) is 5.91 Å². The van der Waals surface area contributed by atoms with Crippen LogP contribution in [0.25, 0.3) is 0 Å². The van der Waals surface area contributed by atoms with E-state index in [0.717, 1.165) is 17.0 Å². The Balaban J connectivity index is 1.82. The quantitative estimate of drug-likeness (QED) is 0.785. The summed E-state index contributed by atoms with van der Waals surface area (Å²) in [5, 5.41) is 5.15. The molecule has 0 saturated heterocycles. The van der Waals surface area contributed by atoms with Crippen LogP contribution in [-0.2, 0) is 4.79 Å². The molecule has 0 spiro atoms. The van der Waals surface area contributed by atoms with Gasteiger partial charge < -0.3 is 10.6 Å². The molecule has 24 heavy (non-hydrogen) atoms. The maximum atomic E-state index is 13.5. The minimum Gasteiger partial charge on any atom is -0.351 e. The van der Waals surface area contributed by atoms with Crippen molar-refractivity contribution in [2.75, 3.05) is 18.1 Å². The summed E-state index contributed by atoms with van der Waals surface area (Å²) in [4.78, 5) is 24.7. The highest BCUT2D eigenvalue weighted by Gasteiger charge is 2.12. The van der Waals surface area contributed by atoms with E-state index in [4.69, 9.17) is 0 Å². The normalized spacial score (nSPS) is 10.3. The second-order valence-corrected chi connectivity index (χ2v) is 5.79. The molecule has 0 saturated carbocycles. The van der Waals surface area contributed by atoms with Crippen LogP contribution in [0.3, 0.4) is 0 Å². The van der Waals surface area contributed by atoms with Crippen molar-refractivity contribution in [1.29, 1.82) is 0 Å². The van der Waals surface area contributed by atoms with Gasteiger partial charge in [0.05, 0.1) is 5.56 Å². The Hall–Kier alpha value is -2.41. The van der Waals surface area contributed by atoms with E-state index in [1.54, 1.807) is 17.8 Å². The molecule has 4 nitrogen and oxygen atoms in total. The Kier molecular flexibility index (Phi) is 6.31. The number of halogens is 2. The van der Waals surface area contributed by atoms with Crippen molar-refractivity contribution in [2.24, 2.45) is 0 Å². The molecule has 0 radical (unpaired) electrons. The van der Waals surface area contributed by atoms with Gasteiger partial charge in [-0.2, -0.15) is 0 Å². The molecule has 7 heteroatoms. The van der Waals surface area contributed by atoms with Crippen LogP contribution in [0.1, 0.15) is 16.8 Å². The van der Waals surface area contributed by atoms with Crippen LogP contribution in [0, 0.1) is 11.6 Å². The zero-order valence-electron chi connectivity index (χ0n) is 12.9. The van der Waals surface area contributed by atoms with Gasteiger partial charge in [-0.1, -0.05) is 6.07 Å². The Morgan fingerprint density at radius 2 is 1.92 bits per heavy atom. The van der Waals surface area contributed by atoms with Gasteiger partial charge in [0.1, 0.15) is 11.6 Å². The maximum Gasteiger partial charge on any atom is 0.254 e. The minimum atomic E-state index is -0.939. The lowest BCUT2D eigenvalue weighted by Crippen LogP contribution is -2.28. The fraction of sp³-hybridized carbons (Fsp3) is 0.176. The molecular weight excluding hydrogens is 334 g/mol. The standard InChI is InChI=1S/C17H16F2N2O2S/c1-24-13-4-2-3-12(10-13)21-16(22)7-8-20-17(23)14-6-5-11(18)9-15(14)19/h2-6,9-10H,7-8H2,1H3,(H,20,23)(H,21,22). The number of hydrogen-bond acceptors (Lipinski definition) is 3. The predicted molar refractivity (Wildman–Crippen MR) is 90.2 cm³/mol. The van der Waals surface area contributed by atoms with E-state index in [1.165, 1.54) is 0 Å². The summed E-state index contributed by atoms with van der Waals surface area (Å²) in [6.45, 7) is 0.0453. The fourth-order valence-electron chi connectivity index (χ4n) is 1.98. The topological polar surface area (TPSA) is 58.2 Å². The highest BCUT2D eigenvalue weighted by atomic mass is 32.2. The van der Waals surface area contributed by atoms with Gasteiger partial charge >= 0.3 is 0 Å². The first-order valence-corrected chi connectivity index (χ1v) is 8.39. The molecule has 2 aromatic carbocycles. The van der Waals surface area contributed by atoms with Gasteiger partial charge in [0, 0.05) is 29.6 Å². The number of benzene rings is 2. The van der Waals surface area contributed by atoms with Crippen LogP contribution < -0.4 is 10.6 Å². The number of nitrogens with one attached hydrogen (secondary N) is 2. The SMILES string of the molecule is CSc1cccc(NC(=O)CCNC(=O)c2ccc(F)cc2F)c1. The van der Waals surface area contributed by atoms with Gasteiger partial charge in [-0.05, 0) is 36.6 Å². The van der Waals surface area contributed by atoms with E-state index in [9.17, 15) is 18.4 Å². The molecule has 0 aliphatic carbocycles. The number of carbonyl (C=O) groups excluding carboxylic acids is 2. The highest BCUT2D eigenvalue weighted by molar-refractivity contribution is 7.98. The van der Waals surface area contributed by atoms with Gasteiger partial charge in [-0.3, -0.25) is 9.59 Å². The minimum absolute atomic E-state index is 0.0397. The summed E-state index contributed by atoms with van der Waals surface area (Å²) >= 11 is 1.56. The van der Waals surface area contributed by atoms with Crippen LogP contribution in [0.5, 0.6) is 0 Å². The summed E-state index contributed by atoms with van der Waals surface area (Å²) < 4.78 is 26.3. The van der Waals surface area contributed by atoms with E-state index in [2.05, 4.69) is 10.6 Å². The first-order valence-electron chi connectivity index (χ1n) is 7.17. The summed E-state index contributed by atoms with van der Waals surface area (Å²) in [5.74, 6) is -2.65. The number of hydrogen-bond donors (Lipinski definition) is 2. The molecule has 2 amide bonds. The smallest absolute Gasteiger partial charge is 0.254 e. The van der Waals surface area contributed by atoms with E-state index in [-0.39, 0.29) is 24.4 Å². The number of rotatable bonds is 6. The first-order chi connectivity index (χ1) is 11.5. The third kappa shape index (κ3) is 5.06. The molecule has 0 heterocycles. The first kappa shape index (κ1) is 17.9. The number of thioether (sulfide) groups is 1. The van der Waals surface area contributed by atoms with Crippen LogP contribution in [0.4, 0.5) is 14.5 Å². The molecule has 2 rings (SSSR count). The van der Waals surface area contributed by atoms with E-state index < -0.39 is 17.5 Å². The molecule has 0 fully saturated rings. The van der Waals surface area contributed by atoms with Crippen LogP contribution in [-0.4, -0.2) is 24.6 Å². The molecule has 126 valence electrons. The van der Waals surface area contributed by atoms with Crippen LogP contribution in [0.15, 0.2) is 47.4 Å². The second kappa shape index (κ2) is 8.44. The van der Waals surface area contributed by atoms with Crippen molar-refractivity contribution in [2.45, 2.75) is 11.3 Å². The van der Waals surface area contributed by atoms with Crippen LogP contribution in [0.2, 0.25) is 0 Å². The molecule has 0 atom stereocenters. The van der Waals surface area contributed by atoms with Gasteiger partial charge in [-0.25, -0.2) is 8.78 Å². The van der Waals surface area contributed by atoms with Crippen molar-refractivity contribution < 1.29 is 18.4 Å². The molecular formula is C17H16F2N2O2S. The molecule has 2 aromatic rings. The van der Waals surface area contributed by atoms with E-state index >= 15 is 0 Å². The Morgan fingerprint density at radius 1 is 1.12 bits per heavy atom. The summed E-state index contributed by atoms with van der Waals surface area (Å²) in [6, 6.07) is 10.1. The lowest BCUT2D eigenvalue weighted by atomic mass is 10.2. The average molecular weight is 350 g/mol. The number of carbonyl (C=O) groups is 2. The van der Waals surface area contributed by atoms with Gasteiger partial charge in [0.15, 0.2) is 0 Å². The summed E-state index contributed by atoms with van der Waals surface area (Å²) in [5.41, 5.74) is 0.409. The number of anilines is 1. The molecule has 0 aromatic heterocycles. The van der Waals surface area contributed by atoms with E-state index in [0.29, 0.717) is 11.8 Å². The number of amides is 2. The van der Waals surface area contributed by atoms with Crippen molar-refractivity contribution in [1.82, 2.24) is 5.32 Å². The summed E-state index contributed by atoms with van der Waals surface area (Å²) in [6.07, 6.45) is 1.98. The predicted octanol–water partition coefficient (Wildman–Crippen LogP) is 3.45. The molecule has 0 aliphatic rings. The molecule has 2 N–H and O–H groups in total. The highest BCUT2D eigenvalue weighted by Crippen LogP contribution is 2.19. The van der Waals surface area contributed by atoms with Crippen molar-refractivity contribution in [3.63, 3.8) is 0 Å². The zero-order valence-corrected chi connectivity index (χ0v) is 13.8. The molecule has 0 aliphatic heterocycles. The molecule has 0 unspecified atom stereocenters. The second-order valence-electron chi connectivity index (χ2n) is 4.91. The van der Waals surface area contributed by atoms with Crippen molar-refractivity contribution in [3.05, 3.63) is 59.7 Å². The Labute approximate surface area is 142 Å². The third-order valence-corrected chi connectivity index (χ3v) is 3.89. The van der Waals surface area contributed by atoms with E-state index in [1.807, 2.05) is 24.5 Å². The van der Waals surface area contributed by atoms with Crippen LogP contribution >= 0.6 is 11.8 Å². The molecule has 0 bridgehead atoms. The zero-order chi connectivity index (χ0) is 17.5. The average Bonchev–Trinajstić information content (AvgIpc) is 2.54. The largest absolute Gasteiger partial charge is 0.351 e. The summed E-state index contributed by atoms with van der Waals surface area (Å²) in [7, 11) is 0. The third-order valence-electron chi connectivity index (χ3n) is 3.17. The fourth-order valence-corrected chi connectivity index (χ4v) is 2.44. The Morgan fingerprint density at radius 3 is 2.62 bits per heavy atom. The Bertz CT molecular complexity index is 753. The van der Waals surface area contributed by atoms with Gasteiger partial charge in [0.25, 0.3) is 5.91 Å². The van der Waals surface area contributed by atoms with Gasteiger partial charge in [-0.15, -0.1) is 11.8 Å². The van der Waals surface area contributed by atoms with Crippen molar-refractivity contribution in [3.8, 4) is 0 Å². The van der Waals surface area contributed by atoms with Crippen molar-refractivity contribution >= 4 is 29.3 Å². The lowest BCUT2D eigenvalue weighted by Gasteiger charge is -2.08. The maximum absolute atomic E-state index is 13.5. The monoisotopic (exact) mass is 350 g/mol. The lowest BCUT2D eigenvalue weighted by molar-refractivity contribution is -0.116.